The van der Waals surface area contributed by atoms with Gasteiger partial charge in [-0.25, -0.2) is 9.59 Å². The van der Waals surface area contributed by atoms with Crippen LogP contribution in [0.4, 0.5) is 26.3 Å². The van der Waals surface area contributed by atoms with Gasteiger partial charge in [-0.15, -0.1) is 0 Å². The van der Waals surface area contributed by atoms with E-state index in [0.717, 1.165) is 36.4 Å². The van der Waals surface area contributed by atoms with Gasteiger partial charge in [0.05, 0.1) is 11.4 Å². The third kappa shape index (κ3) is 9.31. The normalized spacial score (nSPS) is 19.9. The predicted octanol–water partition coefficient (Wildman–Crippen LogP) is 3.52. The van der Waals surface area contributed by atoms with Crippen LogP contribution in [0, 0.1) is 25.7 Å². The van der Waals surface area contributed by atoms with E-state index < -0.39 is 24.3 Å². The molecule has 2 saturated heterocycles. The standard InChI is InChI=1S/C18H24N4O.2C2HF3O2/c1-13-18(14(2)23-20-13)12-22-9-15-7-21(8-16(15)10-22)11-17-5-3-4-6-19-17;2*3-2(4,5)1(6)7/h3-6,15-16H,7-12H2,1-2H3;2*(H,6,7)/t15-,16+;;. The summed E-state index contributed by atoms with van der Waals surface area (Å²) in [5, 5.41) is 18.3. The summed E-state index contributed by atoms with van der Waals surface area (Å²) in [6.07, 6.45) is -8.28. The summed E-state index contributed by atoms with van der Waals surface area (Å²) in [6, 6.07) is 6.18. The molecule has 0 saturated carbocycles. The number of carbonyl (C=O) groups is 2. The van der Waals surface area contributed by atoms with Crippen molar-refractivity contribution in [2.75, 3.05) is 26.2 Å². The van der Waals surface area contributed by atoms with Gasteiger partial charge in [-0.2, -0.15) is 26.3 Å². The molecule has 15 heteroatoms. The molecule has 4 heterocycles. The molecule has 37 heavy (non-hydrogen) atoms. The summed E-state index contributed by atoms with van der Waals surface area (Å²) in [7, 11) is 0. The third-order valence-electron chi connectivity index (χ3n) is 5.80. The minimum absolute atomic E-state index is 0.791. The van der Waals surface area contributed by atoms with Gasteiger partial charge in [-0.3, -0.25) is 14.8 Å². The number of aliphatic carboxylic acids is 2. The lowest BCUT2D eigenvalue weighted by Gasteiger charge is -2.21. The fourth-order valence-electron chi connectivity index (χ4n) is 4.12. The van der Waals surface area contributed by atoms with Crippen molar-refractivity contribution in [1.29, 1.82) is 0 Å². The fourth-order valence-corrected chi connectivity index (χ4v) is 4.12. The topological polar surface area (TPSA) is 120 Å². The zero-order valence-electron chi connectivity index (χ0n) is 19.9. The number of carboxylic acid groups (broad SMARTS) is 2. The van der Waals surface area contributed by atoms with E-state index in [1.807, 2.05) is 26.1 Å². The molecule has 2 aromatic rings. The Morgan fingerprint density at radius 3 is 1.73 bits per heavy atom. The molecule has 0 spiro atoms. The molecule has 2 aliphatic heterocycles. The van der Waals surface area contributed by atoms with Gasteiger partial charge in [0.15, 0.2) is 0 Å². The number of pyridine rings is 1. The van der Waals surface area contributed by atoms with E-state index in [1.165, 1.54) is 37.4 Å². The van der Waals surface area contributed by atoms with Crippen LogP contribution in [0.5, 0.6) is 0 Å². The van der Waals surface area contributed by atoms with Crippen LogP contribution in [0.1, 0.15) is 22.7 Å². The fraction of sp³-hybridized carbons (Fsp3) is 0.545. The van der Waals surface area contributed by atoms with E-state index >= 15 is 0 Å². The number of hydrogen-bond donors (Lipinski definition) is 2. The van der Waals surface area contributed by atoms with E-state index in [4.69, 9.17) is 24.3 Å². The molecule has 4 rings (SSSR count). The van der Waals surface area contributed by atoms with Gasteiger partial charge in [-0.1, -0.05) is 11.2 Å². The molecule has 9 nitrogen and oxygen atoms in total. The first-order valence-corrected chi connectivity index (χ1v) is 10.9. The van der Waals surface area contributed by atoms with E-state index in [1.54, 1.807) is 0 Å². The van der Waals surface area contributed by atoms with Crippen molar-refractivity contribution < 1.29 is 50.7 Å². The molecule has 2 aromatic heterocycles. The number of likely N-dealkylation sites (tertiary alicyclic amines) is 2. The zero-order valence-corrected chi connectivity index (χ0v) is 19.9. The van der Waals surface area contributed by atoms with E-state index in [-0.39, 0.29) is 0 Å². The minimum Gasteiger partial charge on any atom is -0.475 e. The Labute approximate surface area is 207 Å². The Bertz CT molecular complexity index is 987. The van der Waals surface area contributed by atoms with Crippen molar-refractivity contribution in [3.8, 4) is 0 Å². The summed E-state index contributed by atoms with van der Waals surface area (Å²) >= 11 is 0. The summed E-state index contributed by atoms with van der Waals surface area (Å²) < 4.78 is 68.8. The van der Waals surface area contributed by atoms with Gasteiger partial charge in [0, 0.05) is 51.0 Å². The molecule has 2 aliphatic rings. The monoisotopic (exact) mass is 540 g/mol. The van der Waals surface area contributed by atoms with E-state index in [2.05, 4.69) is 32.1 Å². The SMILES string of the molecule is Cc1noc(C)c1CN1C[C@H]2CN(Cc3ccccn3)C[C@H]2C1.O=C(O)C(F)(F)F.O=C(O)C(F)(F)F. The summed E-state index contributed by atoms with van der Waals surface area (Å²) in [4.78, 5) is 27.4. The second kappa shape index (κ2) is 12.4. The van der Waals surface area contributed by atoms with Crippen LogP contribution < -0.4 is 0 Å². The summed E-state index contributed by atoms with van der Waals surface area (Å²) in [5.41, 5.74) is 3.49. The first kappa shape index (κ1) is 30.0. The van der Waals surface area contributed by atoms with E-state index in [9.17, 15) is 26.3 Å². The maximum Gasteiger partial charge on any atom is 0.490 e. The van der Waals surface area contributed by atoms with Gasteiger partial charge in [0.2, 0.25) is 0 Å². The Morgan fingerprint density at radius 2 is 1.38 bits per heavy atom. The van der Waals surface area contributed by atoms with Gasteiger partial charge < -0.3 is 14.7 Å². The lowest BCUT2D eigenvalue weighted by molar-refractivity contribution is -0.193. The van der Waals surface area contributed by atoms with Crippen molar-refractivity contribution in [2.24, 2.45) is 11.8 Å². The second-order valence-corrected chi connectivity index (χ2v) is 8.64. The molecular weight excluding hydrogens is 514 g/mol. The first-order valence-electron chi connectivity index (χ1n) is 10.9. The van der Waals surface area contributed by atoms with Crippen LogP contribution in [0.25, 0.3) is 0 Å². The Kier molecular flexibility index (Phi) is 10.0. The highest BCUT2D eigenvalue weighted by Crippen LogP contribution is 2.33. The molecule has 2 fully saturated rings. The number of nitrogens with zero attached hydrogens (tertiary/aromatic N) is 4. The molecular formula is C22H26F6N4O5. The van der Waals surface area contributed by atoms with Crippen molar-refractivity contribution in [2.45, 2.75) is 39.3 Å². The molecule has 2 atom stereocenters. The summed E-state index contributed by atoms with van der Waals surface area (Å²) in [6.45, 7) is 10.8. The van der Waals surface area contributed by atoms with Crippen LogP contribution in [-0.4, -0.2) is 80.6 Å². The average molecular weight is 540 g/mol. The smallest absolute Gasteiger partial charge is 0.475 e. The lowest BCUT2D eigenvalue weighted by atomic mass is 10.0. The number of rotatable bonds is 4. The minimum atomic E-state index is -5.08. The van der Waals surface area contributed by atoms with Crippen molar-refractivity contribution >= 4 is 11.9 Å². The van der Waals surface area contributed by atoms with E-state index in [0.29, 0.717) is 0 Å². The second-order valence-electron chi connectivity index (χ2n) is 8.64. The van der Waals surface area contributed by atoms with Crippen LogP contribution >= 0.6 is 0 Å². The molecule has 206 valence electrons. The van der Waals surface area contributed by atoms with Crippen LogP contribution in [0.3, 0.4) is 0 Å². The third-order valence-corrected chi connectivity index (χ3v) is 5.80. The maximum atomic E-state index is 10.6. The van der Waals surface area contributed by atoms with Crippen LogP contribution in [0.2, 0.25) is 0 Å². The van der Waals surface area contributed by atoms with Gasteiger partial charge in [0.25, 0.3) is 0 Å². The predicted molar refractivity (Wildman–Crippen MR) is 115 cm³/mol. The summed E-state index contributed by atoms with van der Waals surface area (Å²) in [5.74, 6) is -2.96. The van der Waals surface area contributed by atoms with Gasteiger partial charge >= 0.3 is 24.3 Å². The molecule has 0 aliphatic carbocycles. The Balaban J connectivity index is 0.000000286. The van der Waals surface area contributed by atoms with Crippen molar-refractivity contribution in [3.63, 3.8) is 0 Å². The van der Waals surface area contributed by atoms with Gasteiger partial charge in [-0.05, 0) is 37.8 Å². The largest absolute Gasteiger partial charge is 0.490 e. The molecule has 2 N–H and O–H groups in total. The number of fused-ring (bicyclic) bond motifs is 1. The van der Waals surface area contributed by atoms with Crippen molar-refractivity contribution in [3.05, 3.63) is 47.1 Å². The number of aryl methyl sites for hydroxylation is 2. The average Bonchev–Trinajstić information content (AvgIpc) is 3.43. The van der Waals surface area contributed by atoms with Crippen LogP contribution in [-0.2, 0) is 22.7 Å². The van der Waals surface area contributed by atoms with Crippen LogP contribution in [0.15, 0.2) is 28.9 Å². The first-order chi connectivity index (χ1) is 17.1. The Hall–Kier alpha value is -3.20. The number of halogens is 6. The highest BCUT2D eigenvalue weighted by atomic mass is 19.4. The maximum absolute atomic E-state index is 10.6. The van der Waals surface area contributed by atoms with Gasteiger partial charge in [0.1, 0.15) is 5.76 Å². The number of alkyl halides is 6. The Morgan fingerprint density at radius 1 is 0.919 bits per heavy atom. The number of aromatic nitrogens is 2. The molecule has 0 unspecified atom stereocenters. The molecule has 0 aromatic carbocycles. The molecule has 0 bridgehead atoms. The highest BCUT2D eigenvalue weighted by Gasteiger charge is 2.40. The molecule has 0 radical (unpaired) electrons. The number of hydrogen-bond acceptors (Lipinski definition) is 7. The highest BCUT2D eigenvalue weighted by molar-refractivity contribution is 5.73. The van der Waals surface area contributed by atoms with Crippen molar-refractivity contribution in [1.82, 2.24) is 19.9 Å². The lowest BCUT2D eigenvalue weighted by Crippen LogP contribution is -2.28. The zero-order chi connectivity index (χ0) is 28.0. The quantitative estimate of drug-likeness (QED) is 0.562. The molecule has 0 amide bonds. The number of carboxylic acids is 2.